The molecule has 1 saturated heterocycles. The fraction of sp³-hybridized carbons (Fsp3) is 0.706. The van der Waals surface area contributed by atoms with Crippen molar-refractivity contribution < 1.29 is 17.6 Å². The molecule has 2 atom stereocenters. The molecule has 130 valence electrons. The molecule has 1 aliphatic heterocycles. The Balaban J connectivity index is 2.19. The molecule has 1 fully saturated rings. The first-order chi connectivity index (χ1) is 10.7. The van der Waals surface area contributed by atoms with Crippen LogP contribution in [0.15, 0.2) is 16.5 Å². The molecule has 0 saturated carbocycles. The van der Waals surface area contributed by atoms with Gasteiger partial charge in [0.15, 0.2) is 15.6 Å². The Kier molecular flexibility index (Phi) is 5.55. The molecule has 2 rings (SSSR count). The molecule has 0 aliphatic carbocycles. The normalized spacial score (nSPS) is 23.1. The zero-order valence-electron chi connectivity index (χ0n) is 14.4. The largest absolute Gasteiger partial charge is 0.455 e. The number of nitrogens with zero attached hydrogens (tertiary/aromatic N) is 1. The Morgan fingerprint density at radius 2 is 2.00 bits per heavy atom. The van der Waals surface area contributed by atoms with Crippen LogP contribution in [0, 0.1) is 11.8 Å². The van der Waals surface area contributed by atoms with Crippen LogP contribution in [-0.2, 0) is 15.6 Å². The second-order valence-corrected chi connectivity index (χ2v) is 9.26. The van der Waals surface area contributed by atoms with Crippen LogP contribution in [-0.4, -0.2) is 38.1 Å². The molecule has 0 spiro atoms. The van der Waals surface area contributed by atoms with Crippen LogP contribution in [0.25, 0.3) is 0 Å². The minimum Gasteiger partial charge on any atom is -0.455 e. The Bertz CT molecular complexity index is 647. The van der Waals surface area contributed by atoms with Crippen LogP contribution in [0.3, 0.4) is 0 Å². The van der Waals surface area contributed by atoms with Gasteiger partial charge in [0, 0.05) is 18.8 Å². The first-order valence-corrected chi connectivity index (χ1v) is 10.3. The maximum absolute atomic E-state index is 12.8. The van der Waals surface area contributed by atoms with Gasteiger partial charge in [0.25, 0.3) is 5.91 Å². The van der Waals surface area contributed by atoms with E-state index < -0.39 is 9.84 Å². The van der Waals surface area contributed by atoms with E-state index in [9.17, 15) is 13.2 Å². The van der Waals surface area contributed by atoms with E-state index in [1.165, 1.54) is 0 Å². The minimum absolute atomic E-state index is 0.127. The van der Waals surface area contributed by atoms with Crippen LogP contribution < -0.4 is 0 Å². The highest BCUT2D eigenvalue weighted by Gasteiger charge is 2.31. The molecule has 0 N–H and O–H groups in total. The third-order valence-electron chi connectivity index (χ3n) is 4.53. The van der Waals surface area contributed by atoms with Crippen LogP contribution >= 0.6 is 0 Å². The summed E-state index contributed by atoms with van der Waals surface area (Å²) in [4.78, 5) is 14.7. The maximum atomic E-state index is 12.8. The van der Waals surface area contributed by atoms with Gasteiger partial charge in [-0.05, 0) is 43.2 Å². The number of amides is 1. The zero-order valence-corrected chi connectivity index (χ0v) is 15.2. The number of hydrogen-bond donors (Lipinski definition) is 0. The van der Waals surface area contributed by atoms with Gasteiger partial charge in [0.1, 0.15) is 11.5 Å². The Hall–Kier alpha value is -1.30. The first-order valence-electron chi connectivity index (χ1n) is 8.25. The quantitative estimate of drug-likeness (QED) is 0.844. The van der Waals surface area contributed by atoms with Crippen LogP contribution in [0.4, 0.5) is 0 Å². The second kappa shape index (κ2) is 7.07. The van der Waals surface area contributed by atoms with E-state index in [4.69, 9.17) is 4.42 Å². The van der Waals surface area contributed by atoms with Crippen molar-refractivity contribution in [3.05, 3.63) is 23.7 Å². The van der Waals surface area contributed by atoms with Gasteiger partial charge < -0.3 is 9.32 Å². The topological polar surface area (TPSA) is 67.6 Å². The highest BCUT2D eigenvalue weighted by Crippen LogP contribution is 2.27. The van der Waals surface area contributed by atoms with Crippen molar-refractivity contribution in [1.29, 1.82) is 0 Å². The SMILES string of the molecule is CC(C)[C@H]1CC[C@H](C)CCN1C(=O)c1ccc(CS(C)(=O)=O)o1. The standard InChI is InChI=1S/C17H27NO4S/c1-12(2)15-7-5-13(3)9-10-18(15)17(19)16-8-6-14(22-16)11-23(4,20)21/h6,8,12-13,15H,5,7,9-11H2,1-4H3/t13-,15+/m0/s1. The summed E-state index contributed by atoms with van der Waals surface area (Å²) in [7, 11) is -3.17. The van der Waals surface area contributed by atoms with E-state index in [-0.39, 0.29) is 23.5 Å². The first kappa shape index (κ1) is 18.0. The summed E-state index contributed by atoms with van der Waals surface area (Å²) in [5.41, 5.74) is 0. The lowest BCUT2D eigenvalue weighted by atomic mass is 9.95. The molecule has 1 amide bonds. The third kappa shape index (κ3) is 4.83. The van der Waals surface area contributed by atoms with E-state index in [0.717, 1.165) is 32.1 Å². The zero-order chi connectivity index (χ0) is 17.2. The third-order valence-corrected chi connectivity index (χ3v) is 5.33. The maximum Gasteiger partial charge on any atom is 0.289 e. The second-order valence-electron chi connectivity index (χ2n) is 7.12. The Morgan fingerprint density at radius 3 is 2.61 bits per heavy atom. The fourth-order valence-electron chi connectivity index (χ4n) is 3.20. The van der Waals surface area contributed by atoms with Crippen molar-refractivity contribution >= 4 is 15.7 Å². The van der Waals surface area contributed by atoms with Gasteiger partial charge in [-0.1, -0.05) is 20.8 Å². The van der Waals surface area contributed by atoms with E-state index in [0.29, 0.717) is 17.6 Å². The average Bonchev–Trinajstić information content (AvgIpc) is 2.77. The lowest BCUT2D eigenvalue weighted by Gasteiger charge is -2.32. The molecule has 1 aromatic heterocycles. The van der Waals surface area contributed by atoms with Crippen LogP contribution in [0.5, 0.6) is 0 Å². The molecule has 6 heteroatoms. The van der Waals surface area contributed by atoms with Crippen molar-refractivity contribution in [2.45, 2.75) is 51.8 Å². The van der Waals surface area contributed by atoms with Gasteiger partial charge in [0.2, 0.25) is 0 Å². The minimum atomic E-state index is -3.17. The molecule has 0 aromatic carbocycles. The molecule has 0 radical (unpaired) electrons. The monoisotopic (exact) mass is 341 g/mol. The van der Waals surface area contributed by atoms with Gasteiger partial charge >= 0.3 is 0 Å². The molecule has 5 nitrogen and oxygen atoms in total. The molecule has 2 heterocycles. The van der Waals surface area contributed by atoms with Crippen molar-refractivity contribution in [3.8, 4) is 0 Å². The van der Waals surface area contributed by atoms with Gasteiger partial charge in [-0.3, -0.25) is 4.79 Å². The fourth-order valence-corrected chi connectivity index (χ4v) is 3.87. The predicted molar refractivity (Wildman–Crippen MR) is 89.9 cm³/mol. The van der Waals surface area contributed by atoms with E-state index in [1.807, 2.05) is 4.90 Å². The molecular formula is C17H27NO4S. The number of carbonyl (C=O) groups is 1. The molecular weight excluding hydrogens is 314 g/mol. The van der Waals surface area contributed by atoms with Gasteiger partial charge in [-0.2, -0.15) is 0 Å². The molecule has 1 aliphatic rings. The van der Waals surface area contributed by atoms with Crippen molar-refractivity contribution in [1.82, 2.24) is 4.90 Å². The summed E-state index contributed by atoms with van der Waals surface area (Å²) in [6.45, 7) is 7.23. The average molecular weight is 341 g/mol. The smallest absolute Gasteiger partial charge is 0.289 e. The van der Waals surface area contributed by atoms with Gasteiger partial charge in [-0.25, -0.2) is 8.42 Å². The van der Waals surface area contributed by atoms with E-state index in [1.54, 1.807) is 12.1 Å². The predicted octanol–water partition coefficient (Wildman–Crippen LogP) is 3.11. The summed E-state index contributed by atoms with van der Waals surface area (Å²) in [5.74, 6) is 1.26. The number of sulfone groups is 1. The lowest BCUT2D eigenvalue weighted by Crippen LogP contribution is -2.42. The Labute approximate surface area is 139 Å². The van der Waals surface area contributed by atoms with Crippen LogP contribution in [0.1, 0.15) is 56.3 Å². The van der Waals surface area contributed by atoms with Crippen molar-refractivity contribution in [2.75, 3.05) is 12.8 Å². The van der Waals surface area contributed by atoms with Gasteiger partial charge in [-0.15, -0.1) is 0 Å². The molecule has 1 aromatic rings. The molecule has 23 heavy (non-hydrogen) atoms. The summed E-state index contributed by atoms with van der Waals surface area (Å²) >= 11 is 0. The molecule has 0 bridgehead atoms. The van der Waals surface area contributed by atoms with Crippen LogP contribution in [0.2, 0.25) is 0 Å². The number of furan rings is 1. The van der Waals surface area contributed by atoms with Gasteiger partial charge in [0.05, 0.1) is 0 Å². The van der Waals surface area contributed by atoms with Crippen molar-refractivity contribution in [3.63, 3.8) is 0 Å². The number of likely N-dealkylation sites (tertiary alicyclic amines) is 1. The lowest BCUT2D eigenvalue weighted by molar-refractivity contribution is 0.0597. The highest BCUT2D eigenvalue weighted by molar-refractivity contribution is 7.89. The summed E-state index contributed by atoms with van der Waals surface area (Å²) in [6, 6.07) is 3.38. The summed E-state index contributed by atoms with van der Waals surface area (Å²) in [6.07, 6.45) is 4.28. The van der Waals surface area contributed by atoms with Crippen molar-refractivity contribution in [2.24, 2.45) is 11.8 Å². The number of rotatable bonds is 4. The molecule has 0 unspecified atom stereocenters. The highest BCUT2D eigenvalue weighted by atomic mass is 32.2. The number of carbonyl (C=O) groups excluding carboxylic acids is 1. The van der Waals surface area contributed by atoms with E-state index in [2.05, 4.69) is 20.8 Å². The summed E-state index contributed by atoms with van der Waals surface area (Å²) < 4.78 is 28.2. The summed E-state index contributed by atoms with van der Waals surface area (Å²) in [5, 5.41) is 0. The Morgan fingerprint density at radius 1 is 1.30 bits per heavy atom. The van der Waals surface area contributed by atoms with E-state index >= 15 is 0 Å². The number of hydrogen-bond acceptors (Lipinski definition) is 4.